The van der Waals surface area contributed by atoms with Crippen LogP contribution in [0.3, 0.4) is 0 Å². The number of carbonyl (C=O) groups is 3. The fraction of sp³-hybridized carbons (Fsp3) is 0.667. The van der Waals surface area contributed by atoms with Gasteiger partial charge in [0.15, 0.2) is 0 Å². The fourth-order valence-electron chi connectivity index (χ4n) is 2.39. The lowest BCUT2D eigenvalue weighted by Crippen LogP contribution is -2.31. The molecule has 2 atom stereocenters. The van der Waals surface area contributed by atoms with E-state index in [4.69, 9.17) is 9.47 Å². The summed E-state index contributed by atoms with van der Waals surface area (Å²) < 4.78 is 9.85. The number of carboxylic acids is 1. The van der Waals surface area contributed by atoms with Crippen LogP contribution in [0.4, 0.5) is 0 Å². The molecule has 1 fully saturated rings. The highest BCUT2D eigenvalue weighted by Crippen LogP contribution is 2.30. The highest BCUT2D eigenvalue weighted by atomic mass is 16.6. The van der Waals surface area contributed by atoms with Gasteiger partial charge >= 0.3 is 17.9 Å². The van der Waals surface area contributed by atoms with E-state index in [9.17, 15) is 19.5 Å². The normalized spacial score (nSPS) is 22.0. The van der Waals surface area contributed by atoms with Gasteiger partial charge in [0.05, 0.1) is 11.8 Å². The van der Waals surface area contributed by atoms with Crippen LogP contribution in [-0.4, -0.2) is 36.2 Å². The van der Waals surface area contributed by atoms with Gasteiger partial charge in [-0.3, -0.25) is 9.59 Å². The topological polar surface area (TPSA) is 89.9 Å². The van der Waals surface area contributed by atoms with E-state index < -0.39 is 29.7 Å². The molecular formula is C15H22O6. The Morgan fingerprint density at radius 2 is 1.62 bits per heavy atom. The van der Waals surface area contributed by atoms with Gasteiger partial charge < -0.3 is 14.6 Å². The van der Waals surface area contributed by atoms with E-state index in [1.165, 1.54) is 6.92 Å². The average Bonchev–Trinajstić information content (AvgIpc) is 2.68. The quantitative estimate of drug-likeness (QED) is 0.349. The van der Waals surface area contributed by atoms with Gasteiger partial charge in [-0.25, -0.2) is 4.79 Å². The zero-order valence-corrected chi connectivity index (χ0v) is 12.3. The van der Waals surface area contributed by atoms with Gasteiger partial charge in [-0.15, -0.1) is 0 Å². The maximum Gasteiger partial charge on any atom is 0.333 e. The lowest BCUT2D eigenvalue weighted by atomic mass is 9.88. The van der Waals surface area contributed by atoms with Crippen molar-refractivity contribution in [2.75, 3.05) is 13.2 Å². The Kier molecular flexibility index (Phi) is 6.91. The molecule has 118 valence electrons. The van der Waals surface area contributed by atoms with E-state index in [0.29, 0.717) is 12.8 Å². The molecule has 0 bridgehead atoms. The van der Waals surface area contributed by atoms with E-state index in [1.807, 2.05) is 0 Å². The monoisotopic (exact) mass is 298 g/mol. The third-order valence-electron chi connectivity index (χ3n) is 3.55. The van der Waals surface area contributed by atoms with Crippen molar-refractivity contribution in [2.24, 2.45) is 11.8 Å². The van der Waals surface area contributed by atoms with Crippen molar-refractivity contribution < 1.29 is 29.0 Å². The number of ether oxygens (including phenoxy) is 2. The highest BCUT2D eigenvalue weighted by Gasteiger charge is 2.35. The van der Waals surface area contributed by atoms with Crippen LogP contribution >= 0.6 is 0 Å². The zero-order chi connectivity index (χ0) is 15.8. The first-order valence-corrected chi connectivity index (χ1v) is 7.15. The minimum Gasteiger partial charge on any atom is -0.481 e. The van der Waals surface area contributed by atoms with Crippen LogP contribution in [0.2, 0.25) is 0 Å². The summed E-state index contributed by atoms with van der Waals surface area (Å²) in [6.07, 6.45) is 3.61. The van der Waals surface area contributed by atoms with Crippen molar-refractivity contribution in [3.05, 3.63) is 12.2 Å². The summed E-state index contributed by atoms with van der Waals surface area (Å²) in [4.78, 5) is 34.4. The number of carboxylic acid groups (broad SMARTS) is 1. The molecule has 0 amide bonds. The first kappa shape index (κ1) is 17.2. The van der Waals surface area contributed by atoms with Gasteiger partial charge in [0, 0.05) is 5.57 Å². The summed E-state index contributed by atoms with van der Waals surface area (Å²) >= 11 is 0. The van der Waals surface area contributed by atoms with Gasteiger partial charge in [-0.1, -0.05) is 25.8 Å². The smallest absolute Gasteiger partial charge is 0.333 e. The molecule has 0 aromatic heterocycles. The molecule has 0 radical (unpaired) electrons. The first-order valence-electron chi connectivity index (χ1n) is 7.15. The van der Waals surface area contributed by atoms with Crippen molar-refractivity contribution >= 4 is 17.9 Å². The van der Waals surface area contributed by atoms with Crippen LogP contribution in [0.5, 0.6) is 0 Å². The molecule has 6 nitrogen and oxygen atoms in total. The van der Waals surface area contributed by atoms with Crippen molar-refractivity contribution in [3.63, 3.8) is 0 Å². The number of esters is 2. The second-order valence-electron chi connectivity index (χ2n) is 5.27. The molecule has 21 heavy (non-hydrogen) atoms. The van der Waals surface area contributed by atoms with Crippen LogP contribution in [0.25, 0.3) is 0 Å². The molecule has 1 rings (SSSR count). The molecule has 2 unspecified atom stereocenters. The lowest BCUT2D eigenvalue weighted by molar-refractivity contribution is -0.160. The number of hydrogen-bond donors (Lipinski definition) is 1. The maximum atomic E-state index is 12.0. The van der Waals surface area contributed by atoms with Gasteiger partial charge in [0.2, 0.25) is 0 Å². The zero-order valence-electron chi connectivity index (χ0n) is 12.3. The molecule has 1 saturated carbocycles. The van der Waals surface area contributed by atoms with Gasteiger partial charge in [0.1, 0.15) is 13.2 Å². The van der Waals surface area contributed by atoms with E-state index in [1.54, 1.807) is 0 Å². The molecule has 0 saturated heterocycles. The molecule has 6 heteroatoms. The summed E-state index contributed by atoms with van der Waals surface area (Å²) in [6.45, 7) is 4.84. The van der Waals surface area contributed by atoms with Crippen molar-refractivity contribution in [1.82, 2.24) is 0 Å². The molecule has 1 aliphatic rings. The Labute approximate surface area is 124 Å². The Hall–Kier alpha value is -1.85. The Morgan fingerprint density at radius 3 is 2.19 bits per heavy atom. The molecular weight excluding hydrogens is 276 g/mol. The first-order chi connectivity index (χ1) is 9.93. The molecule has 0 aromatic carbocycles. The predicted octanol–water partition coefficient (Wildman–Crippen LogP) is 1.93. The van der Waals surface area contributed by atoms with Crippen molar-refractivity contribution in [2.45, 2.75) is 39.0 Å². The number of aliphatic carboxylic acids is 1. The van der Waals surface area contributed by atoms with Crippen LogP contribution < -0.4 is 0 Å². The van der Waals surface area contributed by atoms with E-state index in [0.717, 1.165) is 19.3 Å². The van der Waals surface area contributed by atoms with Gasteiger partial charge in [0.25, 0.3) is 0 Å². The molecule has 0 spiro atoms. The van der Waals surface area contributed by atoms with E-state index in [2.05, 4.69) is 6.58 Å². The molecule has 0 aromatic rings. The largest absolute Gasteiger partial charge is 0.481 e. The van der Waals surface area contributed by atoms with Gasteiger partial charge in [-0.2, -0.15) is 0 Å². The minimum atomic E-state index is -0.951. The molecule has 1 aliphatic carbocycles. The maximum absolute atomic E-state index is 12.0. The predicted molar refractivity (Wildman–Crippen MR) is 74.4 cm³/mol. The van der Waals surface area contributed by atoms with E-state index >= 15 is 0 Å². The third-order valence-corrected chi connectivity index (χ3v) is 3.55. The summed E-state index contributed by atoms with van der Waals surface area (Å²) in [5.74, 6) is -3.30. The van der Waals surface area contributed by atoms with Crippen molar-refractivity contribution in [3.8, 4) is 0 Å². The lowest BCUT2D eigenvalue weighted by Gasteiger charge is -2.19. The third kappa shape index (κ3) is 5.57. The summed E-state index contributed by atoms with van der Waals surface area (Å²) in [5, 5.41) is 9.20. The summed E-state index contributed by atoms with van der Waals surface area (Å²) in [5.41, 5.74) is 0.274. The SMILES string of the molecule is C=C(C)C(=O)OCCOC(=O)C1CCCCCC1C(=O)O. The van der Waals surface area contributed by atoms with Crippen LogP contribution in [0.15, 0.2) is 12.2 Å². The average molecular weight is 298 g/mol. The number of carbonyl (C=O) groups excluding carboxylic acids is 2. The summed E-state index contributed by atoms with van der Waals surface area (Å²) in [6, 6.07) is 0. The van der Waals surface area contributed by atoms with E-state index in [-0.39, 0.29) is 18.8 Å². The Bertz CT molecular complexity index is 414. The molecule has 0 aliphatic heterocycles. The second kappa shape index (κ2) is 8.44. The Balaban J connectivity index is 2.43. The number of rotatable bonds is 6. The van der Waals surface area contributed by atoms with Crippen LogP contribution in [-0.2, 0) is 23.9 Å². The van der Waals surface area contributed by atoms with Gasteiger partial charge in [-0.05, 0) is 19.8 Å². The molecule has 0 heterocycles. The second-order valence-corrected chi connectivity index (χ2v) is 5.27. The molecule has 1 N–H and O–H groups in total. The standard InChI is InChI=1S/C15H22O6/c1-10(2)14(18)20-8-9-21-15(19)12-7-5-3-4-6-11(12)13(16)17/h11-12H,1,3-9H2,2H3,(H,16,17). The fourth-order valence-corrected chi connectivity index (χ4v) is 2.39. The minimum absolute atomic E-state index is 0.0537. The number of hydrogen-bond acceptors (Lipinski definition) is 5. The highest BCUT2D eigenvalue weighted by molar-refractivity contribution is 5.87. The van der Waals surface area contributed by atoms with Crippen LogP contribution in [0, 0.1) is 11.8 Å². The van der Waals surface area contributed by atoms with Crippen molar-refractivity contribution in [1.29, 1.82) is 0 Å². The van der Waals surface area contributed by atoms with Crippen LogP contribution in [0.1, 0.15) is 39.0 Å². The Morgan fingerprint density at radius 1 is 1.05 bits per heavy atom. The summed E-state index contributed by atoms with van der Waals surface area (Å²) in [7, 11) is 0.